The van der Waals surface area contributed by atoms with Crippen LogP contribution in [0.15, 0.2) is 66.7 Å². The average Bonchev–Trinajstić information content (AvgIpc) is 2.78. The van der Waals surface area contributed by atoms with Gasteiger partial charge in [-0.05, 0) is 60.0 Å². The highest BCUT2D eigenvalue weighted by molar-refractivity contribution is 6.31. The Morgan fingerprint density at radius 2 is 1.82 bits per heavy atom. The highest BCUT2D eigenvalue weighted by Gasteiger charge is 2.33. The maximum absolute atomic E-state index is 13.0. The van der Waals surface area contributed by atoms with Crippen LogP contribution in [0.5, 0.6) is 11.5 Å². The van der Waals surface area contributed by atoms with Crippen molar-refractivity contribution in [3.8, 4) is 11.5 Å². The SMILES string of the molecule is COc1cc(C=CC(=O)Nc2ccc(Cl)c(C(F)(F)F)c2)ccc1OCc1ccccc1C. The van der Waals surface area contributed by atoms with Crippen molar-refractivity contribution in [2.45, 2.75) is 19.7 Å². The number of benzene rings is 3. The fourth-order valence-electron chi connectivity index (χ4n) is 3.01. The number of amides is 1. The first-order chi connectivity index (χ1) is 15.7. The molecule has 33 heavy (non-hydrogen) atoms. The van der Waals surface area contributed by atoms with Gasteiger partial charge in [0.25, 0.3) is 0 Å². The number of hydrogen-bond acceptors (Lipinski definition) is 3. The summed E-state index contributed by atoms with van der Waals surface area (Å²) in [5.74, 6) is 0.436. The van der Waals surface area contributed by atoms with Gasteiger partial charge in [0, 0.05) is 11.8 Å². The van der Waals surface area contributed by atoms with Crippen LogP contribution in [0.3, 0.4) is 0 Å². The van der Waals surface area contributed by atoms with E-state index in [0.717, 1.165) is 23.3 Å². The van der Waals surface area contributed by atoms with Gasteiger partial charge in [-0.15, -0.1) is 0 Å². The number of carbonyl (C=O) groups is 1. The van der Waals surface area contributed by atoms with Crippen LogP contribution in [-0.4, -0.2) is 13.0 Å². The number of carbonyl (C=O) groups excluding carboxylic acids is 1. The molecule has 0 spiro atoms. The van der Waals surface area contributed by atoms with Crippen molar-refractivity contribution >= 4 is 29.3 Å². The predicted octanol–water partition coefficient (Wildman–Crippen LogP) is 6.91. The fourth-order valence-corrected chi connectivity index (χ4v) is 3.24. The molecule has 0 bridgehead atoms. The van der Waals surface area contributed by atoms with E-state index in [1.54, 1.807) is 18.2 Å². The van der Waals surface area contributed by atoms with Crippen LogP contribution in [0, 0.1) is 6.92 Å². The Balaban J connectivity index is 1.67. The molecule has 3 rings (SSSR count). The van der Waals surface area contributed by atoms with E-state index in [1.165, 1.54) is 25.3 Å². The minimum absolute atomic E-state index is 0.0149. The summed E-state index contributed by atoms with van der Waals surface area (Å²) in [6.07, 6.45) is -1.89. The number of ether oxygens (including phenoxy) is 2. The first kappa shape index (κ1) is 24.2. The molecule has 0 aliphatic heterocycles. The van der Waals surface area contributed by atoms with Crippen LogP contribution < -0.4 is 14.8 Å². The summed E-state index contributed by atoms with van der Waals surface area (Å²) in [4.78, 5) is 12.2. The van der Waals surface area contributed by atoms with Gasteiger partial charge in [0.2, 0.25) is 5.91 Å². The number of rotatable bonds is 7. The molecule has 172 valence electrons. The van der Waals surface area contributed by atoms with Crippen LogP contribution in [0.1, 0.15) is 22.3 Å². The van der Waals surface area contributed by atoms with Crippen molar-refractivity contribution < 1.29 is 27.4 Å². The quantitative estimate of drug-likeness (QED) is 0.378. The monoisotopic (exact) mass is 475 g/mol. The number of nitrogens with one attached hydrogen (secondary N) is 1. The van der Waals surface area contributed by atoms with Crippen LogP contribution in [0.4, 0.5) is 18.9 Å². The van der Waals surface area contributed by atoms with Crippen molar-refractivity contribution in [3.63, 3.8) is 0 Å². The molecule has 3 aromatic carbocycles. The van der Waals surface area contributed by atoms with E-state index in [1.807, 2.05) is 31.2 Å². The first-order valence-corrected chi connectivity index (χ1v) is 10.3. The zero-order chi connectivity index (χ0) is 24.0. The molecule has 0 saturated carbocycles. The molecule has 0 aromatic heterocycles. The normalized spacial score (nSPS) is 11.5. The van der Waals surface area contributed by atoms with E-state index in [2.05, 4.69) is 5.32 Å². The molecule has 0 radical (unpaired) electrons. The van der Waals surface area contributed by atoms with Crippen molar-refractivity contribution in [1.82, 2.24) is 0 Å². The van der Waals surface area contributed by atoms with Gasteiger partial charge in [0.15, 0.2) is 11.5 Å². The van der Waals surface area contributed by atoms with Gasteiger partial charge in [-0.2, -0.15) is 13.2 Å². The van der Waals surface area contributed by atoms with Gasteiger partial charge in [-0.3, -0.25) is 4.79 Å². The number of hydrogen-bond donors (Lipinski definition) is 1. The summed E-state index contributed by atoms with van der Waals surface area (Å²) < 4.78 is 50.2. The standard InChI is InChI=1S/C25H21ClF3NO3/c1-16-5-3-4-6-18(16)15-33-22-11-7-17(13-23(22)32-2)8-12-24(31)30-19-9-10-21(26)20(14-19)25(27,28)29/h3-14H,15H2,1-2H3,(H,30,31). The molecular formula is C25H21ClF3NO3. The molecule has 3 aromatic rings. The Bertz CT molecular complexity index is 1180. The topological polar surface area (TPSA) is 47.6 Å². The molecule has 1 amide bonds. The minimum atomic E-state index is -4.62. The van der Waals surface area contributed by atoms with Crippen LogP contribution in [0.25, 0.3) is 6.08 Å². The summed E-state index contributed by atoms with van der Waals surface area (Å²) in [5, 5.41) is 1.96. The van der Waals surface area contributed by atoms with Crippen molar-refractivity contribution in [2.75, 3.05) is 12.4 Å². The van der Waals surface area contributed by atoms with E-state index < -0.39 is 22.7 Å². The summed E-state index contributed by atoms with van der Waals surface area (Å²) in [7, 11) is 1.51. The third kappa shape index (κ3) is 6.52. The van der Waals surface area contributed by atoms with Crippen LogP contribution in [-0.2, 0) is 17.6 Å². The molecule has 0 aliphatic carbocycles. The second-order valence-electron chi connectivity index (χ2n) is 7.14. The third-order valence-electron chi connectivity index (χ3n) is 4.80. The molecule has 0 heterocycles. The smallest absolute Gasteiger partial charge is 0.417 e. The van der Waals surface area contributed by atoms with E-state index in [0.29, 0.717) is 23.7 Å². The van der Waals surface area contributed by atoms with Gasteiger partial charge in [0.1, 0.15) is 6.61 Å². The zero-order valence-electron chi connectivity index (χ0n) is 17.9. The van der Waals surface area contributed by atoms with E-state index in [9.17, 15) is 18.0 Å². The van der Waals surface area contributed by atoms with E-state index in [4.69, 9.17) is 21.1 Å². The average molecular weight is 476 g/mol. The Hall–Kier alpha value is -3.45. The second kappa shape index (κ2) is 10.4. The van der Waals surface area contributed by atoms with Gasteiger partial charge in [0.05, 0.1) is 17.7 Å². The Morgan fingerprint density at radius 1 is 1.06 bits per heavy atom. The molecule has 0 saturated heterocycles. The number of alkyl halides is 3. The predicted molar refractivity (Wildman–Crippen MR) is 123 cm³/mol. The molecule has 0 aliphatic rings. The Labute approximate surface area is 194 Å². The number of methoxy groups -OCH3 is 1. The van der Waals surface area contributed by atoms with Gasteiger partial charge in [-0.1, -0.05) is 41.9 Å². The summed E-state index contributed by atoms with van der Waals surface area (Å²) >= 11 is 5.60. The molecule has 0 unspecified atom stereocenters. The number of aryl methyl sites for hydroxylation is 1. The van der Waals surface area contributed by atoms with Gasteiger partial charge < -0.3 is 14.8 Å². The van der Waals surface area contributed by atoms with Crippen LogP contribution >= 0.6 is 11.6 Å². The lowest BCUT2D eigenvalue weighted by Gasteiger charge is -2.12. The summed E-state index contributed by atoms with van der Waals surface area (Å²) in [5.41, 5.74) is 1.79. The van der Waals surface area contributed by atoms with Crippen molar-refractivity contribution in [1.29, 1.82) is 0 Å². The number of anilines is 1. The lowest BCUT2D eigenvalue weighted by Crippen LogP contribution is -2.11. The van der Waals surface area contributed by atoms with Crippen molar-refractivity contribution in [2.24, 2.45) is 0 Å². The highest BCUT2D eigenvalue weighted by Crippen LogP contribution is 2.36. The maximum atomic E-state index is 13.0. The first-order valence-electron chi connectivity index (χ1n) is 9.88. The molecule has 8 heteroatoms. The molecule has 0 fully saturated rings. The molecule has 1 N–H and O–H groups in total. The largest absolute Gasteiger partial charge is 0.493 e. The minimum Gasteiger partial charge on any atom is -0.493 e. The van der Waals surface area contributed by atoms with Crippen molar-refractivity contribution in [3.05, 3.63) is 94.0 Å². The lowest BCUT2D eigenvalue weighted by atomic mass is 10.1. The van der Waals surface area contributed by atoms with Gasteiger partial charge >= 0.3 is 6.18 Å². The third-order valence-corrected chi connectivity index (χ3v) is 5.13. The van der Waals surface area contributed by atoms with Gasteiger partial charge in [-0.25, -0.2) is 0 Å². The highest BCUT2D eigenvalue weighted by atomic mass is 35.5. The van der Waals surface area contributed by atoms with E-state index >= 15 is 0 Å². The Morgan fingerprint density at radius 3 is 2.52 bits per heavy atom. The van der Waals surface area contributed by atoms with E-state index in [-0.39, 0.29) is 5.69 Å². The molecular weight excluding hydrogens is 455 g/mol. The summed E-state index contributed by atoms with van der Waals surface area (Å²) in [6.45, 7) is 2.38. The van der Waals surface area contributed by atoms with Crippen LogP contribution in [0.2, 0.25) is 5.02 Å². The maximum Gasteiger partial charge on any atom is 0.417 e. The second-order valence-corrected chi connectivity index (χ2v) is 7.55. The molecule has 0 atom stereocenters. The lowest BCUT2D eigenvalue weighted by molar-refractivity contribution is -0.137. The Kier molecular flexibility index (Phi) is 7.66. The summed E-state index contributed by atoms with van der Waals surface area (Å²) in [6, 6.07) is 16.2. The molecule has 4 nitrogen and oxygen atoms in total. The number of halogens is 4. The fraction of sp³-hybridized carbons (Fsp3) is 0.160. The zero-order valence-corrected chi connectivity index (χ0v) is 18.6.